The summed E-state index contributed by atoms with van der Waals surface area (Å²) < 4.78 is 19.2. The van der Waals surface area contributed by atoms with Crippen molar-refractivity contribution in [2.45, 2.75) is 33.6 Å². The first-order valence-electron chi connectivity index (χ1n) is 7.65. The van der Waals surface area contributed by atoms with E-state index >= 15 is 0 Å². The lowest BCUT2D eigenvalue weighted by Gasteiger charge is -2.19. The van der Waals surface area contributed by atoms with Crippen molar-refractivity contribution in [3.05, 3.63) is 35.6 Å². The fourth-order valence-corrected chi connectivity index (χ4v) is 2.22. The molecule has 1 rings (SSSR count). The predicted octanol–water partition coefficient (Wildman–Crippen LogP) is 3.66. The highest BCUT2D eigenvalue weighted by Crippen LogP contribution is 2.15. The van der Waals surface area contributed by atoms with Gasteiger partial charge in [0.05, 0.1) is 0 Å². The molecule has 20 heavy (non-hydrogen) atoms. The maximum atomic E-state index is 13.7. The summed E-state index contributed by atoms with van der Waals surface area (Å²) in [5.74, 6) is 0.950. The molecule has 0 aromatic heterocycles. The average Bonchev–Trinajstić information content (AvgIpc) is 2.41. The summed E-state index contributed by atoms with van der Waals surface area (Å²) >= 11 is 0. The third-order valence-corrected chi connectivity index (χ3v) is 3.33. The third kappa shape index (κ3) is 7.01. The Kier molecular flexibility index (Phi) is 8.47. The van der Waals surface area contributed by atoms with E-state index in [1.165, 1.54) is 6.07 Å². The van der Waals surface area contributed by atoms with E-state index in [0.29, 0.717) is 11.8 Å². The van der Waals surface area contributed by atoms with Crippen molar-refractivity contribution in [3.63, 3.8) is 0 Å². The molecule has 0 spiro atoms. The molecule has 0 aliphatic heterocycles. The molecule has 0 fully saturated rings. The van der Waals surface area contributed by atoms with Crippen LogP contribution in [0.25, 0.3) is 0 Å². The minimum atomic E-state index is -0.0993. The Bertz CT molecular complexity index is 368. The van der Waals surface area contributed by atoms with Crippen LogP contribution in [0.5, 0.6) is 0 Å². The molecule has 0 heterocycles. The van der Waals surface area contributed by atoms with E-state index in [1.807, 2.05) is 19.1 Å². The van der Waals surface area contributed by atoms with Gasteiger partial charge in [-0.05, 0) is 56.3 Å². The van der Waals surface area contributed by atoms with E-state index in [9.17, 15) is 4.39 Å². The van der Waals surface area contributed by atoms with Gasteiger partial charge in [-0.2, -0.15) is 0 Å². The van der Waals surface area contributed by atoms with Crippen molar-refractivity contribution in [2.75, 3.05) is 26.3 Å². The zero-order valence-electron chi connectivity index (χ0n) is 13.0. The molecule has 1 atom stereocenters. The number of nitrogens with one attached hydrogen (secondary N) is 1. The molecule has 0 saturated heterocycles. The molecule has 3 heteroatoms. The van der Waals surface area contributed by atoms with Crippen LogP contribution in [0.4, 0.5) is 4.39 Å². The monoisotopic (exact) mass is 281 g/mol. The van der Waals surface area contributed by atoms with Crippen LogP contribution in [-0.4, -0.2) is 26.3 Å². The van der Waals surface area contributed by atoms with Gasteiger partial charge in [-0.15, -0.1) is 0 Å². The van der Waals surface area contributed by atoms with Crippen LogP contribution in [0.1, 0.15) is 32.8 Å². The van der Waals surface area contributed by atoms with Crippen molar-refractivity contribution >= 4 is 0 Å². The highest BCUT2D eigenvalue weighted by molar-refractivity contribution is 5.17. The van der Waals surface area contributed by atoms with Gasteiger partial charge in [0.2, 0.25) is 0 Å². The van der Waals surface area contributed by atoms with Crippen LogP contribution in [-0.2, 0) is 11.2 Å². The van der Waals surface area contributed by atoms with Gasteiger partial charge in [-0.25, -0.2) is 4.39 Å². The van der Waals surface area contributed by atoms with Crippen molar-refractivity contribution in [1.82, 2.24) is 5.32 Å². The molecule has 0 aliphatic rings. The lowest BCUT2D eigenvalue weighted by molar-refractivity contribution is 0.131. The first-order valence-corrected chi connectivity index (χ1v) is 7.65. The fourth-order valence-electron chi connectivity index (χ4n) is 2.22. The van der Waals surface area contributed by atoms with Gasteiger partial charge >= 0.3 is 0 Å². The number of halogens is 1. The van der Waals surface area contributed by atoms with Crippen LogP contribution in [0.3, 0.4) is 0 Å². The van der Waals surface area contributed by atoms with Crippen LogP contribution in [0, 0.1) is 17.7 Å². The molecular weight excluding hydrogens is 253 g/mol. The van der Waals surface area contributed by atoms with E-state index < -0.39 is 0 Å². The summed E-state index contributed by atoms with van der Waals surface area (Å²) in [6.45, 7) is 9.80. The molecule has 1 aromatic carbocycles. The van der Waals surface area contributed by atoms with E-state index in [1.54, 1.807) is 6.07 Å². The lowest BCUT2D eigenvalue weighted by atomic mass is 9.96. The summed E-state index contributed by atoms with van der Waals surface area (Å²) in [4.78, 5) is 0. The Morgan fingerprint density at radius 1 is 1.20 bits per heavy atom. The van der Waals surface area contributed by atoms with E-state index in [4.69, 9.17) is 4.74 Å². The minimum Gasteiger partial charge on any atom is -0.382 e. The summed E-state index contributed by atoms with van der Waals surface area (Å²) in [5.41, 5.74) is 0.806. The SMILES string of the molecule is CCOCCC(CNCC(C)C)Cc1ccccc1F. The third-order valence-electron chi connectivity index (χ3n) is 3.33. The van der Waals surface area contributed by atoms with Crippen molar-refractivity contribution in [3.8, 4) is 0 Å². The van der Waals surface area contributed by atoms with Crippen LogP contribution in [0.15, 0.2) is 24.3 Å². The number of benzene rings is 1. The molecular formula is C17H28FNO. The van der Waals surface area contributed by atoms with Gasteiger partial charge < -0.3 is 10.1 Å². The number of hydrogen-bond donors (Lipinski definition) is 1. The predicted molar refractivity (Wildman–Crippen MR) is 82.4 cm³/mol. The fraction of sp³-hybridized carbons (Fsp3) is 0.647. The average molecular weight is 281 g/mol. The van der Waals surface area contributed by atoms with E-state index in [-0.39, 0.29) is 5.82 Å². The molecule has 114 valence electrons. The highest BCUT2D eigenvalue weighted by Gasteiger charge is 2.12. The Morgan fingerprint density at radius 3 is 2.60 bits per heavy atom. The van der Waals surface area contributed by atoms with Crippen molar-refractivity contribution in [2.24, 2.45) is 11.8 Å². The van der Waals surface area contributed by atoms with Gasteiger partial charge in [0.1, 0.15) is 5.82 Å². The van der Waals surface area contributed by atoms with Gasteiger partial charge in [-0.1, -0.05) is 32.0 Å². The zero-order valence-corrected chi connectivity index (χ0v) is 13.0. The van der Waals surface area contributed by atoms with Gasteiger partial charge in [0, 0.05) is 13.2 Å². The van der Waals surface area contributed by atoms with Crippen LogP contribution < -0.4 is 5.32 Å². The minimum absolute atomic E-state index is 0.0993. The molecule has 0 bridgehead atoms. The van der Waals surface area contributed by atoms with Crippen LogP contribution in [0.2, 0.25) is 0 Å². The Labute approximate surface area is 122 Å². The second kappa shape index (κ2) is 9.89. The van der Waals surface area contributed by atoms with E-state index in [2.05, 4.69) is 19.2 Å². The second-order valence-corrected chi connectivity index (χ2v) is 5.70. The first-order chi connectivity index (χ1) is 9.63. The maximum absolute atomic E-state index is 13.7. The molecule has 0 radical (unpaired) electrons. The number of ether oxygens (including phenoxy) is 1. The topological polar surface area (TPSA) is 21.3 Å². The Morgan fingerprint density at radius 2 is 1.95 bits per heavy atom. The molecule has 1 aromatic rings. The highest BCUT2D eigenvalue weighted by atomic mass is 19.1. The summed E-state index contributed by atoms with van der Waals surface area (Å²) in [5, 5.41) is 3.47. The zero-order chi connectivity index (χ0) is 14.8. The molecule has 1 unspecified atom stereocenters. The summed E-state index contributed by atoms with van der Waals surface area (Å²) in [7, 11) is 0. The smallest absolute Gasteiger partial charge is 0.126 e. The van der Waals surface area contributed by atoms with Gasteiger partial charge in [0.25, 0.3) is 0 Å². The standard InChI is InChI=1S/C17H28FNO/c1-4-20-10-9-15(13-19-12-14(2)3)11-16-7-5-6-8-17(16)18/h5-8,14-15,19H,4,9-13H2,1-3H3. The molecule has 0 aliphatic carbocycles. The van der Waals surface area contributed by atoms with Gasteiger partial charge in [0.15, 0.2) is 0 Å². The van der Waals surface area contributed by atoms with Gasteiger partial charge in [-0.3, -0.25) is 0 Å². The van der Waals surface area contributed by atoms with Crippen molar-refractivity contribution in [1.29, 1.82) is 0 Å². The second-order valence-electron chi connectivity index (χ2n) is 5.70. The largest absolute Gasteiger partial charge is 0.382 e. The summed E-state index contributed by atoms with van der Waals surface area (Å²) in [6, 6.07) is 7.06. The Hall–Kier alpha value is -0.930. The summed E-state index contributed by atoms with van der Waals surface area (Å²) in [6.07, 6.45) is 1.73. The van der Waals surface area contributed by atoms with Crippen molar-refractivity contribution < 1.29 is 9.13 Å². The normalized spacial score (nSPS) is 12.8. The lowest BCUT2D eigenvalue weighted by Crippen LogP contribution is -2.28. The number of rotatable bonds is 10. The first kappa shape index (κ1) is 17.1. The maximum Gasteiger partial charge on any atom is 0.126 e. The molecule has 1 N–H and O–H groups in total. The van der Waals surface area contributed by atoms with Crippen LogP contribution >= 0.6 is 0 Å². The molecule has 0 saturated carbocycles. The molecule has 0 amide bonds. The molecule has 2 nitrogen and oxygen atoms in total. The number of hydrogen-bond acceptors (Lipinski definition) is 2. The Balaban J connectivity index is 2.50. The quantitative estimate of drug-likeness (QED) is 0.661. The van der Waals surface area contributed by atoms with E-state index in [0.717, 1.165) is 44.7 Å².